The van der Waals surface area contributed by atoms with Gasteiger partial charge >= 0.3 is 0 Å². The summed E-state index contributed by atoms with van der Waals surface area (Å²) in [4.78, 5) is 16.0. The predicted octanol–water partition coefficient (Wildman–Crippen LogP) is 1.69. The molecule has 0 aromatic rings. The van der Waals surface area contributed by atoms with Crippen molar-refractivity contribution in [2.75, 3.05) is 33.7 Å². The molecule has 0 saturated carbocycles. The third-order valence-electron chi connectivity index (χ3n) is 4.28. The Morgan fingerprint density at radius 3 is 2.68 bits per heavy atom. The standard InChI is InChI=1S/C15H31N3O/c1-4-6-13-7-5-9-18(10-8-13)14(12-16)11-15(19)17(2)3/h13-14H,4-12,16H2,1-3H3. The van der Waals surface area contributed by atoms with E-state index in [0.29, 0.717) is 13.0 Å². The zero-order valence-corrected chi connectivity index (χ0v) is 12.9. The maximum Gasteiger partial charge on any atom is 0.223 e. The molecule has 1 aliphatic heterocycles. The highest BCUT2D eigenvalue weighted by Gasteiger charge is 2.24. The fourth-order valence-corrected chi connectivity index (χ4v) is 3.00. The van der Waals surface area contributed by atoms with Gasteiger partial charge in [0.1, 0.15) is 0 Å². The van der Waals surface area contributed by atoms with Crippen molar-refractivity contribution >= 4 is 5.91 Å². The van der Waals surface area contributed by atoms with Crippen molar-refractivity contribution in [2.24, 2.45) is 11.7 Å². The summed E-state index contributed by atoms with van der Waals surface area (Å²) in [5.41, 5.74) is 5.88. The Balaban J connectivity index is 2.49. The first-order valence-corrected chi connectivity index (χ1v) is 7.72. The van der Waals surface area contributed by atoms with Crippen LogP contribution in [0.5, 0.6) is 0 Å². The average Bonchev–Trinajstić information content (AvgIpc) is 2.61. The quantitative estimate of drug-likeness (QED) is 0.798. The van der Waals surface area contributed by atoms with Crippen molar-refractivity contribution in [1.82, 2.24) is 9.80 Å². The van der Waals surface area contributed by atoms with Crippen molar-refractivity contribution in [3.8, 4) is 0 Å². The van der Waals surface area contributed by atoms with E-state index in [9.17, 15) is 4.79 Å². The molecule has 1 heterocycles. The Hall–Kier alpha value is -0.610. The third kappa shape index (κ3) is 5.49. The lowest BCUT2D eigenvalue weighted by Gasteiger charge is -2.30. The molecule has 0 aliphatic carbocycles. The number of amides is 1. The van der Waals surface area contributed by atoms with Gasteiger partial charge in [0.25, 0.3) is 0 Å². The van der Waals surface area contributed by atoms with Crippen molar-refractivity contribution in [3.63, 3.8) is 0 Å². The van der Waals surface area contributed by atoms with Gasteiger partial charge in [-0.2, -0.15) is 0 Å². The Bertz CT molecular complexity index is 268. The molecule has 1 aliphatic rings. The first-order valence-electron chi connectivity index (χ1n) is 7.72. The van der Waals surface area contributed by atoms with Gasteiger partial charge in [-0.1, -0.05) is 19.8 Å². The van der Waals surface area contributed by atoms with E-state index in [4.69, 9.17) is 5.73 Å². The van der Waals surface area contributed by atoms with E-state index in [1.165, 1.54) is 32.1 Å². The molecule has 0 aromatic heterocycles. The number of nitrogens with zero attached hydrogens (tertiary/aromatic N) is 2. The molecular weight excluding hydrogens is 238 g/mol. The van der Waals surface area contributed by atoms with Gasteiger partial charge < -0.3 is 10.6 Å². The Morgan fingerprint density at radius 1 is 1.37 bits per heavy atom. The van der Waals surface area contributed by atoms with Crippen LogP contribution in [0.15, 0.2) is 0 Å². The van der Waals surface area contributed by atoms with Crippen LogP contribution >= 0.6 is 0 Å². The highest BCUT2D eigenvalue weighted by Crippen LogP contribution is 2.23. The summed E-state index contributed by atoms with van der Waals surface area (Å²) in [5.74, 6) is 1.06. The van der Waals surface area contributed by atoms with Crippen LogP contribution in [0, 0.1) is 5.92 Å². The van der Waals surface area contributed by atoms with Crippen LogP contribution in [0.25, 0.3) is 0 Å². The summed E-state index contributed by atoms with van der Waals surface area (Å²) < 4.78 is 0. The summed E-state index contributed by atoms with van der Waals surface area (Å²) >= 11 is 0. The van der Waals surface area contributed by atoms with E-state index < -0.39 is 0 Å². The Kier molecular flexibility index (Phi) is 7.39. The van der Waals surface area contributed by atoms with Gasteiger partial charge in [-0.25, -0.2) is 0 Å². The molecule has 1 rings (SSSR count). The lowest BCUT2D eigenvalue weighted by atomic mass is 9.96. The second-order valence-electron chi connectivity index (χ2n) is 6.00. The molecular formula is C15H31N3O. The highest BCUT2D eigenvalue weighted by molar-refractivity contribution is 5.76. The summed E-state index contributed by atoms with van der Waals surface area (Å²) in [6.07, 6.45) is 7.03. The van der Waals surface area contributed by atoms with Crippen LogP contribution in [-0.4, -0.2) is 55.5 Å². The normalized spacial score (nSPS) is 22.8. The van der Waals surface area contributed by atoms with Crippen molar-refractivity contribution < 1.29 is 4.79 Å². The third-order valence-corrected chi connectivity index (χ3v) is 4.28. The summed E-state index contributed by atoms with van der Waals surface area (Å²) in [6.45, 7) is 5.05. The average molecular weight is 269 g/mol. The van der Waals surface area contributed by atoms with E-state index in [0.717, 1.165) is 19.0 Å². The molecule has 0 spiro atoms. The van der Waals surface area contributed by atoms with Crippen LogP contribution in [-0.2, 0) is 4.79 Å². The van der Waals surface area contributed by atoms with Gasteiger partial charge in [0.15, 0.2) is 0 Å². The molecule has 0 bridgehead atoms. The van der Waals surface area contributed by atoms with Crippen LogP contribution < -0.4 is 5.73 Å². The van der Waals surface area contributed by atoms with Crippen LogP contribution in [0.3, 0.4) is 0 Å². The lowest BCUT2D eigenvalue weighted by Crippen LogP contribution is -2.44. The van der Waals surface area contributed by atoms with Crippen molar-refractivity contribution in [2.45, 2.75) is 51.5 Å². The van der Waals surface area contributed by atoms with E-state index >= 15 is 0 Å². The second kappa shape index (κ2) is 8.54. The number of hydrogen-bond acceptors (Lipinski definition) is 3. The van der Waals surface area contributed by atoms with E-state index in [1.54, 1.807) is 4.90 Å². The fraction of sp³-hybridized carbons (Fsp3) is 0.933. The molecule has 1 saturated heterocycles. The van der Waals surface area contributed by atoms with Gasteiger partial charge in [0.2, 0.25) is 5.91 Å². The second-order valence-corrected chi connectivity index (χ2v) is 6.00. The minimum atomic E-state index is 0.185. The largest absolute Gasteiger partial charge is 0.349 e. The Labute approximate surface area is 118 Å². The minimum Gasteiger partial charge on any atom is -0.349 e. The molecule has 2 atom stereocenters. The number of carbonyl (C=O) groups is 1. The predicted molar refractivity (Wildman–Crippen MR) is 80.0 cm³/mol. The van der Waals surface area contributed by atoms with Gasteiger partial charge in [-0.15, -0.1) is 0 Å². The number of rotatable bonds is 6. The summed E-state index contributed by atoms with van der Waals surface area (Å²) in [5, 5.41) is 0. The molecule has 0 radical (unpaired) electrons. The van der Waals surface area contributed by atoms with E-state index in [-0.39, 0.29) is 11.9 Å². The lowest BCUT2D eigenvalue weighted by molar-refractivity contribution is -0.129. The zero-order valence-electron chi connectivity index (χ0n) is 12.9. The number of likely N-dealkylation sites (tertiary alicyclic amines) is 1. The highest BCUT2D eigenvalue weighted by atomic mass is 16.2. The van der Waals surface area contributed by atoms with Crippen LogP contribution in [0.4, 0.5) is 0 Å². The molecule has 4 heteroatoms. The van der Waals surface area contributed by atoms with Gasteiger partial charge in [0.05, 0.1) is 0 Å². The minimum absolute atomic E-state index is 0.185. The molecule has 1 amide bonds. The molecule has 2 unspecified atom stereocenters. The number of carbonyl (C=O) groups excluding carboxylic acids is 1. The fourth-order valence-electron chi connectivity index (χ4n) is 3.00. The maximum atomic E-state index is 11.9. The van der Waals surface area contributed by atoms with Crippen molar-refractivity contribution in [1.29, 1.82) is 0 Å². The number of nitrogens with two attached hydrogens (primary N) is 1. The molecule has 19 heavy (non-hydrogen) atoms. The summed E-state index contributed by atoms with van der Waals surface area (Å²) in [7, 11) is 3.63. The smallest absolute Gasteiger partial charge is 0.223 e. The van der Waals surface area contributed by atoms with Crippen LogP contribution in [0.1, 0.15) is 45.4 Å². The molecule has 112 valence electrons. The first-order chi connectivity index (χ1) is 9.08. The maximum absolute atomic E-state index is 11.9. The zero-order chi connectivity index (χ0) is 14.3. The monoisotopic (exact) mass is 269 g/mol. The SMILES string of the molecule is CCCC1CCCN(C(CN)CC(=O)N(C)C)CC1. The molecule has 1 fully saturated rings. The number of hydrogen-bond donors (Lipinski definition) is 1. The molecule has 2 N–H and O–H groups in total. The molecule has 4 nitrogen and oxygen atoms in total. The first kappa shape index (κ1) is 16.4. The van der Waals surface area contributed by atoms with Crippen LogP contribution in [0.2, 0.25) is 0 Å². The van der Waals surface area contributed by atoms with E-state index in [2.05, 4.69) is 11.8 Å². The van der Waals surface area contributed by atoms with E-state index in [1.807, 2.05) is 14.1 Å². The van der Waals surface area contributed by atoms with Gasteiger partial charge in [-0.05, 0) is 38.3 Å². The molecule has 0 aromatic carbocycles. The van der Waals surface area contributed by atoms with Crippen molar-refractivity contribution in [3.05, 3.63) is 0 Å². The topological polar surface area (TPSA) is 49.6 Å². The van der Waals surface area contributed by atoms with Gasteiger partial charge in [-0.3, -0.25) is 9.69 Å². The Morgan fingerprint density at radius 2 is 2.11 bits per heavy atom. The summed E-state index contributed by atoms with van der Waals surface area (Å²) in [6, 6.07) is 0.218. The van der Waals surface area contributed by atoms with Gasteiger partial charge in [0, 0.05) is 33.1 Å².